The summed E-state index contributed by atoms with van der Waals surface area (Å²) >= 11 is 0. The molecule has 22 heavy (non-hydrogen) atoms. The van der Waals surface area contributed by atoms with Gasteiger partial charge in [-0.2, -0.15) is 0 Å². The first-order valence-electron chi connectivity index (χ1n) is 8.34. The van der Waals surface area contributed by atoms with Crippen LogP contribution in [0.4, 0.5) is 5.69 Å². The molecule has 4 nitrogen and oxygen atoms in total. The molecule has 0 bridgehead atoms. The van der Waals surface area contributed by atoms with Crippen LogP contribution < -0.4 is 15.8 Å². The minimum Gasteiger partial charge on any atom is -0.494 e. The Morgan fingerprint density at radius 3 is 2.95 bits per heavy atom. The summed E-state index contributed by atoms with van der Waals surface area (Å²) in [5.74, 6) is 1.54. The van der Waals surface area contributed by atoms with Crippen molar-refractivity contribution in [1.82, 2.24) is 0 Å². The van der Waals surface area contributed by atoms with Crippen LogP contribution in [0.25, 0.3) is 0 Å². The van der Waals surface area contributed by atoms with Gasteiger partial charge in [-0.25, -0.2) is 0 Å². The third-order valence-electron chi connectivity index (χ3n) is 4.15. The number of amides is 1. The van der Waals surface area contributed by atoms with E-state index < -0.39 is 0 Å². The van der Waals surface area contributed by atoms with Gasteiger partial charge < -0.3 is 15.8 Å². The summed E-state index contributed by atoms with van der Waals surface area (Å²) in [7, 11) is 0. The zero-order valence-electron chi connectivity index (χ0n) is 13.7. The Hall–Kier alpha value is -1.55. The molecule has 1 aliphatic rings. The van der Waals surface area contributed by atoms with E-state index in [0.717, 1.165) is 43.5 Å². The topological polar surface area (TPSA) is 64.3 Å². The van der Waals surface area contributed by atoms with Crippen molar-refractivity contribution in [2.24, 2.45) is 17.6 Å². The molecule has 1 aliphatic carbocycles. The predicted molar refractivity (Wildman–Crippen MR) is 90.0 cm³/mol. The molecule has 2 atom stereocenters. The zero-order chi connectivity index (χ0) is 15.9. The van der Waals surface area contributed by atoms with Crippen LogP contribution in [-0.2, 0) is 4.79 Å². The number of nitrogens with two attached hydrogens (primary N) is 1. The van der Waals surface area contributed by atoms with E-state index in [4.69, 9.17) is 10.5 Å². The maximum absolute atomic E-state index is 12.3. The SMILES string of the molecule is CC(C)CCOc1cccc(NC(=O)C2CCCC(N)C2)c1. The number of benzene rings is 1. The first-order chi connectivity index (χ1) is 10.5. The molecule has 1 aromatic rings. The van der Waals surface area contributed by atoms with Gasteiger partial charge in [-0.1, -0.05) is 26.3 Å². The molecular formula is C18H28N2O2. The number of carbonyl (C=O) groups is 1. The molecule has 0 aromatic heterocycles. The lowest BCUT2D eigenvalue weighted by Crippen LogP contribution is -2.34. The van der Waals surface area contributed by atoms with Crippen LogP contribution in [0, 0.1) is 11.8 Å². The first-order valence-corrected chi connectivity index (χ1v) is 8.34. The summed E-state index contributed by atoms with van der Waals surface area (Å²) in [6.07, 6.45) is 4.82. The lowest BCUT2D eigenvalue weighted by atomic mass is 9.85. The van der Waals surface area contributed by atoms with E-state index in [2.05, 4.69) is 19.2 Å². The van der Waals surface area contributed by atoms with E-state index in [0.29, 0.717) is 12.5 Å². The molecule has 2 rings (SSSR count). The molecule has 0 aliphatic heterocycles. The van der Waals surface area contributed by atoms with Gasteiger partial charge in [0.05, 0.1) is 6.61 Å². The second-order valence-corrected chi connectivity index (χ2v) is 6.67. The number of nitrogens with one attached hydrogen (secondary N) is 1. The summed E-state index contributed by atoms with van der Waals surface area (Å²) < 4.78 is 5.73. The van der Waals surface area contributed by atoms with Crippen molar-refractivity contribution >= 4 is 11.6 Å². The number of carbonyl (C=O) groups excluding carboxylic acids is 1. The van der Waals surface area contributed by atoms with Gasteiger partial charge in [0.1, 0.15) is 5.75 Å². The van der Waals surface area contributed by atoms with E-state index in [1.54, 1.807) is 0 Å². The van der Waals surface area contributed by atoms with Gasteiger partial charge >= 0.3 is 0 Å². The maximum Gasteiger partial charge on any atom is 0.227 e. The summed E-state index contributed by atoms with van der Waals surface area (Å²) in [5.41, 5.74) is 6.76. The van der Waals surface area contributed by atoms with Crippen molar-refractivity contribution in [2.75, 3.05) is 11.9 Å². The molecule has 122 valence electrons. The predicted octanol–water partition coefficient (Wildman–Crippen LogP) is 3.57. The molecule has 0 radical (unpaired) electrons. The molecule has 1 amide bonds. The Bertz CT molecular complexity index is 488. The lowest BCUT2D eigenvalue weighted by molar-refractivity contribution is -0.120. The minimum atomic E-state index is 0.0364. The fourth-order valence-electron chi connectivity index (χ4n) is 2.79. The molecule has 1 aromatic carbocycles. The van der Waals surface area contributed by atoms with E-state index >= 15 is 0 Å². The monoisotopic (exact) mass is 304 g/mol. The highest BCUT2D eigenvalue weighted by Crippen LogP contribution is 2.25. The third kappa shape index (κ3) is 5.34. The third-order valence-corrected chi connectivity index (χ3v) is 4.15. The quantitative estimate of drug-likeness (QED) is 0.844. The molecule has 0 spiro atoms. The van der Waals surface area contributed by atoms with E-state index in [1.807, 2.05) is 24.3 Å². The van der Waals surface area contributed by atoms with Crippen LogP contribution in [0.5, 0.6) is 5.75 Å². The number of rotatable bonds is 6. The second-order valence-electron chi connectivity index (χ2n) is 6.67. The van der Waals surface area contributed by atoms with Crippen LogP contribution in [0.1, 0.15) is 46.0 Å². The molecule has 1 saturated carbocycles. The fraction of sp³-hybridized carbons (Fsp3) is 0.611. The molecular weight excluding hydrogens is 276 g/mol. The average Bonchev–Trinajstić information content (AvgIpc) is 2.47. The van der Waals surface area contributed by atoms with Gasteiger partial charge in [0.15, 0.2) is 0 Å². The van der Waals surface area contributed by atoms with Crippen LogP contribution in [0.3, 0.4) is 0 Å². The van der Waals surface area contributed by atoms with E-state index in [1.165, 1.54) is 0 Å². The van der Waals surface area contributed by atoms with Crippen molar-refractivity contribution in [1.29, 1.82) is 0 Å². The molecule has 4 heteroatoms. The first kappa shape index (κ1) is 16.8. The van der Waals surface area contributed by atoms with Crippen molar-refractivity contribution in [3.63, 3.8) is 0 Å². The Morgan fingerprint density at radius 2 is 2.23 bits per heavy atom. The molecule has 1 fully saturated rings. The average molecular weight is 304 g/mol. The largest absolute Gasteiger partial charge is 0.494 e. The Balaban J connectivity index is 1.87. The van der Waals surface area contributed by atoms with Crippen LogP contribution in [0.15, 0.2) is 24.3 Å². The Labute approximate surface area is 133 Å². The number of hydrogen-bond acceptors (Lipinski definition) is 3. The van der Waals surface area contributed by atoms with Gasteiger partial charge in [-0.3, -0.25) is 4.79 Å². The number of ether oxygens (including phenoxy) is 1. The number of hydrogen-bond donors (Lipinski definition) is 2. The van der Waals surface area contributed by atoms with Gasteiger partial charge in [-0.05, 0) is 43.7 Å². The minimum absolute atomic E-state index is 0.0364. The smallest absolute Gasteiger partial charge is 0.227 e. The van der Waals surface area contributed by atoms with E-state index in [-0.39, 0.29) is 17.9 Å². The van der Waals surface area contributed by atoms with Crippen molar-refractivity contribution < 1.29 is 9.53 Å². The molecule has 0 saturated heterocycles. The van der Waals surface area contributed by atoms with Gasteiger partial charge in [0, 0.05) is 23.7 Å². The highest BCUT2D eigenvalue weighted by molar-refractivity contribution is 5.92. The summed E-state index contributed by atoms with van der Waals surface area (Å²) in [4.78, 5) is 12.3. The highest BCUT2D eigenvalue weighted by Gasteiger charge is 2.25. The van der Waals surface area contributed by atoms with Crippen molar-refractivity contribution in [2.45, 2.75) is 52.0 Å². The van der Waals surface area contributed by atoms with Gasteiger partial charge in [0.25, 0.3) is 0 Å². The Morgan fingerprint density at radius 1 is 1.41 bits per heavy atom. The summed E-state index contributed by atoms with van der Waals surface area (Å²) in [6.45, 7) is 5.05. The lowest BCUT2D eigenvalue weighted by Gasteiger charge is -2.25. The standard InChI is InChI=1S/C18H28N2O2/c1-13(2)9-10-22-17-8-4-7-16(12-17)20-18(21)14-5-3-6-15(19)11-14/h4,7-8,12-15H,3,5-6,9-11,19H2,1-2H3,(H,20,21). The fourth-order valence-corrected chi connectivity index (χ4v) is 2.79. The molecule has 0 heterocycles. The molecule has 2 unspecified atom stereocenters. The Kier molecular flexibility index (Phi) is 6.25. The second kappa shape index (κ2) is 8.18. The normalized spacial score (nSPS) is 21.6. The maximum atomic E-state index is 12.3. The van der Waals surface area contributed by atoms with Crippen molar-refractivity contribution in [3.8, 4) is 5.75 Å². The van der Waals surface area contributed by atoms with Crippen LogP contribution in [-0.4, -0.2) is 18.6 Å². The highest BCUT2D eigenvalue weighted by atomic mass is 16.5. The summed E-state index contributed by atoms with van der Waals surface area (Å²) in [5, 5.41) is 3.00. The van der Waals surface area contributed by atoms with Gasteiger partial charge in [-0.15, -0.1) is 0 Å². The van der Waals surface area contributed by atoms with Gasteiger partial charge in [0.2, 0.25) is 5.91 Å². The number of anilines is 1. The van der Waals surface area contributed by atoms with E-state index in [9.17, 15) is 4.79 Å². The van der Waals surface area contributed by atoms with Crippen LogP contribution >= 0.6 is 0 Å². The van der Waals surface area contributed by atoms with Crippen LogP contribution in [0.2, 0.25) is 0 Å². The van der Waals surface area contributed by atoms with Crippen molar-refractivity contribution in [3.05, 3.63) is 24.3 Å². The zero-order valence-corrected chi connectivity index (χ0v) is 13.7. The molecule has 3 N–H and O–H groups in total. The summed E-state index contributed by atoms with van der Waals surface area (Å²) in [6, 6.07) is 7.78.